The predicted molar refractivity (Wildman–Crippen MR) is 279 cm³/mol. The molecule has 416 valence electrons. The van der Waals surface area contributed by atoms with E-state index in [9.17, 15) is 57.8 Å². The zero-order chi connectivity index (χ0) is 56.4. The summed E-state index contributed by atoms with van der Waals surface area (Å²) < 4.78 is 31.4. The Morgan fingerprint density at radius 1 is 0.868 bits per heavy atom. The van der Waals surface area contributed by atoms with E-state index >= 15 is 4.39 Å². The number of nitrogens with zero attached hydrogens (tertiary/aromatic N) is 3. The van der Waals surface area contributed by atoms with Crippen LogP contribution in [0, 0.1) is 34.8 Å². The molecule has 0 bridgehead atoms. The van der Waals surface area contributed by atoms with Crippen molar-refractivity contribution in [3.63, 3.8) is 0 Å². The quantitative estimate of drug-likeness (QED) is 0.0339. The summed E-state index contributed by atoms with van der Waals surface area (Å²) in [5, 5.41) is 27.9. The highest BCUT2D eigenvalue weighted by atomic mass is 19.1. The molecule has 76 heavy (non-hydrogen) atoms. The number of nitrogens with two attached hydrogens (primary N) is 1. The van der Waals surface area contributed by atoms with E-state index in [1.807, 2.05) is 55.7 Å². The van der Waals surface area contributed by atoms with Crippen LogP contribution in [0.1, 0.15) is 136 Å². The van der Waals surface area contributed by atoms with Crippen LogP contribution >= 0.6 is 0 Å². The first-order chi connectivity index (χ1) is 35.8. The van der Waals surface area contributed by atoms with Gasteiger partial charge in [0.25, 0.3) is 0 Å². The highest BCUT2D eigenvalue weighted by Crippen LogP contribution is 2.41. The number of aliphatic carboxylic acids is 1. The molecule has 3 aromatic rings. The fourth-order valence-electron chi connectivity index (χ4n) is 9.34. The van der Waals surface area contributed by atoms with Gasteiger partial charge in [-0.3, -0.25) is 43.3 Å². The summed E-state index contributed by atoms with van der Waals surface area (Å²) in [6, 6.07) is 10.1. The Kier molecular flexibility index (Phi) is 23.6. The SMILES string of the molecule is CC(CC(=O)C(NC(=O)CCCCCN1C(=O)CC(C)C1=O)C(C)C)C(=O)NC(CCC(=O)CCCNC(=O)[C@@H](N)CCN(C(=O)CO)[C@@H](c1cc(-c2cc(F)ccc2F)cn1Cc1ccccc1)C(C)(C)C)C(=O)O. The Hall–Kier alpha value is -6.67. The van der Waals surface area contributed by atoms with E-state index in [0.29, 0.717) is 43.6 Å². The number of ketones is 2. The van der Waals surface area contributed by atoms with Crippen molar-refractivity contribution in [2.45, 2.75) is 150 Å². The third-order valence-corrected chi connectivity index (χ3v) is 13.5. The van der Waals surface area contributed by atoms with Gasteiger partial charge in [-0.15, -0.1) is 0 Å². The lowest BCUT2D eigenvalue weighted by Gasteiger charge is -2.41. The van der Waals surface area contributed by atoms with E-state index < -0.39 is 83.2 Å². The van der Waals surface area contributed by atoms with Gasteiger partial charge in [-0.05, 0) is 73.3 Å². The molecule has 6 amide bonds. The average molecular weight is 1060 g/mol. The van der Waals surface area contributed by atoms with Crippen molar-refractivity contribution in [2.75, 3.05) is 26.2 Å². The number of Topliss-reactive ketones (excluding diaryl/α,β-unsaturated/α-hetero) is 2. The number of unbranched alkanes of at least 4 members (excludes halogenated alkanes) is 2. The van der Waals surface area contributed by atoms with Crippen molar-refractivity contribution >= 4 is 53.0 Å². The van der Waals surface area contributed by atoms with Gasteiger partial charge in [0.15, 0.2) is 5.78 Å². The second-order valence-electron chi connectivity index (χ2n) is 21.3. The molecule has 0 saturated carbocycles. The minimum Gasteiger partial charge on any atom is -0.480 e. The molecule has 1 aliphatic heterocycles. The number of carboxylic acids is 1. The van der Waals surface area contributed by atoms with E-state index in [2.05, 4.69) is 16.0 Å². The van der Waals surface area contributed by atoms with Crippen LogP contribution in [-0.4, -0.2) is 122 Å². The highest BCUT2D eigenvalue weighted by molar-refractivity contribution is 6.03. The molecule has 4 rings (SSSR count). The molecule has 1 aliphatic rings. The molecular weight excluding hydrogens is 985 g/mol. The number of amides is 6. The number of likely N-dealkylation sites (tertiary alicyclic amines) is 1. The number of benzene rings is 2. The normalized spacial score (nSPS) is 15.7. The van der Waals surface area contributed by atoms with E-state index in [4.69, 9.17) is 5.73 Å². The maximum atomic E-state index is 15.1. The molecule has 0 radical (unpaired) electrons. The first-order valence-corrected chi connectivity index (χ1v) is 26.2. The van der Waals surface area contributed by atoms with Crippen LogP contribution in [0.2, 0.25) is 0 Å². The smallest absolute Gasteiger partial charge is 0.326 e. The average Bonchev–Trinajstić information content (AvgIpc) is 3.87. The molecule has 0 spiro atoms. The third-order valence-electron chi connectivity index (χ3n) is 13.5. The monoisotopic (exact) mass is 1060 g/mol. The topological polar surface area (TPSA) is 268 Å². The van der Waals surface area contributed by atoms with Crippen LogP contribution in [0.15, 0.2) is 60.8 Å². The molecule has 2 heterocycles. The van der Waals surface area contributed by atoms with E-state index in [0.717, 1.165) is 23.8 Å². The van der Waals surface area contributed by atoms with Gasteiger partial charge < -0.3 is 41.4 Å². The van der Waals surface area contributed by atoms with Gasteiger partial charge in [0.1, 0.15) is 30.1 Å². The van der Waals surface area contributed by atoms with E-state index in [-0.39, 0.29) is 105 Å². The highest BCUT2D eigenvalue weighted by Gasteiger charge is 2.38. The molecule has 6 atom stereocenters. The largest absolute Gasteiger partial charge is 0.480 e. The van der Waals surface area contributed by atoms with Crippen molar-refractivity contribution in [3.05, 3.63) is 83.7 Å². The minimum absolute atomic E-state index is 0.0265. The maximum absolute atomic E-state index is 15.1. The van der Waals surface area contributed by atoms with Gasteiger partial charge in [0.05, 0.1) is 18.1 Å². The number of aromatic nitrogens is 1. The summed E-state index contributed by atoms with van der Waals surface area (Å²) in [6.45, 7) is 12.1. The van der Waals surface area contributed by atoms with Gasteiger partial charge in [0, 0.05) is 93.1 Å². The van der Waals surface area contributed by atoms with Crippen LogP contribution in [-0.2, 0) is 49.7 Å². The number of carbonyl (C=O) groups excluding carboxylic acids is 8. The van der Waals surface area contributed by atoms with Crippen LogP contribution in [0.3, 0.4) is 0 Å². The Labute approximate surface area is 443 Å². The summed E-state index contributed by atoms with van der Waals surface area (Å²) in [4.78, 5) is 118. The standard InChI is InChI=1S/C56H77F2N7O11/c1-34(2)50(62-47(69)18-12-9-13-25-65-48(70)28-36(4)54(65)74)46(68)27-35(3)52(72)61-44(55(75)76)22-20-40(67)17-14-24-60-53(73)43(59)23-26-64(49(71)33-66)51(56(5,6)7)45-29-38(41-30-39(57)19-21-42(41)58)32-63(45)31-37-15-10-8-11-16-37/h8,10-11,15-16,19,21,29-30,32,34-36,43-44,50-51,66H,9,12-14,17-18,20,22-28,31,33,59H2,1-7H3,(H,60,73)(H,61,72)(H,62,69)(H,75,76)/t35?,36?,43-,44?,50?,51-/m0/s1. The molecule has 20 heteroatoms. The zero-order valence-electron chi connectivity index (χ0n) is 44.9. The second-order valence-corrected chi connectivity index (χ2v) is 21.3. The van der Waals surface area contributed by atoms with Crippen LogP contribution in [0.25, 0.3) is 11.1 Å². The summed E-state index contributed by atoms with van der Waals surface area (Å²) in [5.41, 5.74) is 7.50. The van der Waals surface area contributed by atoms with Crippen LogP contribution < -0.4 is 21.7 Å². The summed E-state index contributed by atoms with van der Waals surface area (Å²) in [6.07, 6.45) is 3.02. The molecule has 4 unspecified atom stereocenters. The van der Waals surface area contributed by atoms with Crippen LogP contribution in [0.5, 0.6) is 0 Å². The Bertz CT molecular complexity index is 2530. The number of halogens is 2. The summed E-state index contributed by atoms with van der Waals surface area (Å²) >= 11 is 0. The van der Waals surface area contributed by atoms with Gasteiger partial charge in [0.2, 0.25) is 35.4 Å². The number of aliphatic hydroxyl groups excluding tert-OH is 1. The molecule has 1 fully saturated rings. The first-order valence-electron chi connectivity index (χ1n) is 26.2. The lowest BCUT2D eigenvalue weighted by atomic mass is 9.82. The van der Waals surface area contributed by atoms with Crippen molar-refractivity contribution in [3.8, 4) is 11.1 Å². The van der Waals surface area contributed by atoms with Crippen molar-refractivity contribution in [2.24, 2.45) is 28.9 Å². The van der Waals surface area contributed by atoms with Crippen molar-refractivity contribution < 1.29 is 62.1 Å². The number of aliphatic hydroxyl groups is 1. The third kappa shape index (κ3) is 18.3. The Morgan fingerprint density at radius 3 is 2.18 bits per heavy atom. The number of nitrogens with one attached hydrogen (secondary N) is 3. The molecular formula is C56H77F2N7O11. The number of rotatable bonds is 31. The predicted octanol–water partition coefficient (Wildman–Crippen LogP) is 5.61. The Morgan fingerprint density at radius 2 is 1.57 bits per heavy atom. The zero-order valence-corrected chi connectivity index (χ0v) is 44.9. The number of carbonyl (C=O) groups is 9. The fourth-order valence-corrected chi connectivity index (χ4v) is 9.34. The van der Waals surface area contributed by atoms with Crippen molar-refractivity contribution in [1.82, 2.24) is 30.3 Å². The number of hydrogen-bond acceptors (Lipinski definition) is 11. The first kappa shape index (κ1) is 61.9. The van der Waals surface area contributed by atoms with Gasteiger partial charge in [-0.2, -0.15) is 0 Å². The minimum atomic E-state index is -1.43. The second kappa shape index (κ2) is 29.0. The number of carboxylic acid groups (broad SMARTS) is 1. The number of imide groups is 1. The molecule has 1 aromatic heterocycles. The van der Waals surface area contributed by atoms with Crippen LogP contribution in [0.4, 0.5) is 8.78 Å². The van der Waals surface area contributed by atoms with Gasteiger partial charge >= 0.3 is 5.97 Å². The van der Waals surface area contributed by atoms with E-state index in [1.54, 1.807) is 33.0 Å². The fraction of sp³-hybridized carbons (Fsp3) is 0.554. The lowest BCUT2D eigenvalue weighted by Crippen LogP contribution is -2.47. The maximum Gasteiger partial charge on any atom is 0.326 e. The number of hydrogen-bond donors (Lipinski definition) is 6. The molecule has 0 aliphatic carbocycles. The molecule has 7 N–H and O–H groups in total. The van der Waals surface area contributed by atoms with E-state index in [1.165, 1.54) is 16.7 Å². The molecule has 2 aromatic carbocycles. The Balaban J connectivity index is 1.25. The van der Waals surface area contributed by atoms with Crippen molar-refractivity contribution in [1.29, 1.82) is 0 Å². The summed E-state index contributed by atoms with van der Waals surface area (Å²) in [5.74, 6) is -7.64. The van der Waals surface area contributed by atoms with Gasteiger partial charge in [-0.1, -0.05) is 85.2 Å². The summed E-state index contributed by atoms with van der Waals surface area (Å²) in [7, 11) is 0. The molecule has 18 nitrogen and oxygen atoms in total. The van der Waals surface area contributed by atoms with Gasteiger partial charge in [-0.25, -0.2) is 13.6 Å². The molecule has 1 saturated heterocycles. The lowest BCUT2D eigenvalue weighted by molar-refractivity contribution is -0.143.